The van der Waals surface area contributed by atoms with Gasteiger partial charge in [0.25, 0.3) is 0 Å². The predicted octanol–water partition coefficient (Wildman–Crippen LogP) is 3.23. The fraction of sp³-hybridized carbons (Fsp3) is 0.900. The highest BCUT2D eigenvalue weighted by Gasteiger charge is 1.87. The van der Waals surface area contributed by atoms with Gasteiger partial charge in [-0.3, -0.25) is 0 Å². The van der Waals surface area contributed by atoms with Crippen molar-refractivity contribution in [1.82, 2.24) is 0 Å². The molecule has 0 N–H and O–H groups in total. The molecular weight excluding hydrogens is 150 g/mol. The molecular formula is C10H21NO. The quantitative estimate of drug-likeness (QED) is 0.327. The van der Waals surface area contributed by atoms with Crippen LogP contribution in [-0.4, -0.2) is 12.8 Å². The minimum atomic E-state index is 0.487. The molecule has 0 saturated carbocycles. The van der Waals surface area contributed by atoms with E-state index >= 15 is 0 Å². The van der Waals surface area contributed by atoms with Crippen LogP contribution in [0.5, 0.6) is 0 Å². The summed E-state index contributed by atoms with van der Waals surface area (Å²) in [5.41, 5.74) is 0. The van der Waals surface area contributed by atoms with Gasteiger partial charge in [0, 0.05) is 6.21 Å². The predicted molar refractivity (Wildman–Crippen MR) is 53.4 cm³/mol. The molecule has 12 heavy (non-hydrogen) atoms. The van der Waals surface area contributed by atoms with E-state index in [9.17, 15) is 0 Å². The van der Waals surface area contributed by atoms with Gasteiger partial charge in [0.05, 0.1) is 0 Å². The van der Waals surface area contributed by atoms with Crippen LogP contribution in [-0.2, 0) is 4.84 Å². The third-order valence-electron chi connectivity index (χ3n) is 1.52. The third-order valence-corrected chi connectivity index (χ3v) is 1.52. The lowest BCUT2D eigenvalue weighted by molar-refractivity contribution is 0.140. The third kappa shape index (κ3) is 9.47. The van der Waals surface area contributed by atoms with Gasteiger partial charge < -0.3 is 4.84 Å². The number of oxime groups is 1. The second-order valence-electron chi connectivity index (χ2n) is 3.39. The van der Waals surface area contributed by atoms with Crippen LogP contribution >= 0.6 is 0 Å². The summed E-state index contributed by atoms with van der Waals surface area (Å²) in [4.78, 5) is 5.06. The van der Waals surface area contributed by atoms with Gasteiger partial charge in [0.15, 0.2) is 0 Å². The van der Waals surface area contributed by atoms with E-state index in [1.807, 2.05) is 6.21 Å². The first kappa shape index (κ1) is 11.5. The summed E-state index contributed by atoms with van der Waals surface area (Å²) < 4.78 is 0. The van der Waals surface area contributed by atoms with E-state index in [-0.39, 0.29) is 0 Å². The number of unbranched alkanes of at least 4 members (excludes halogenated alkanes) is 3. The van der Waals surface area contributed by atoms with E-state index in [0.717, 1.165) is 13.0 Å². The highest BCUT2D eigenvalue weighted by Crippen LogP contribution is 1.98. The van der Waals surface area contributed by atoms with Crippen LogP contribution in [0, 0.1) is 5.92 Å². The van der Waals surface area contributed by atoms with Crippen molar-refractivity contribution in [2.75, 3.05) is 6.61 Å². The topological polar surface area (TPSA) is 21.6 Å². The molecule has 2 heteroatoms. The molecule has 72 valence electrons. The minimum Gasteiger partial charge on any atom is -0.396 e. The van der Waals surface area contributed by atoms with Crippen LogP contribution in [0.2, 0.25) is 0 Å². The smallest absolute Gasteiger partial charge is 0.117 e. The van der Waals surface area contributed by atoms with Gasteiger partial charge in [0.1, 0.15) is 6.61 Å². The summed E-state index contributed by atoms with van der Waals surface area (Å²) in [6.45, 7) is 7.15. The van der Waals surface area contributed by atoms with Gasteiger partial charge in [-0.15, -0.1) is 0 Å². The maximum Gasteiger partial charge on any atom is 0.117 e. The van der Waals surface area contributed by atoms with Gasteiger partial charge in [-0.25, -0.2) is 0 Å². The van der Waals surface area contributed by atoms with E-state index in [2.05, 4.69) is 25.9 Å². The Morgan fingerprint density at radius 2 is 2.00 bits per heavy atom. The molecule has 0 bridgehead atoms. The van der Waals surface area contributed by atoms with Crippen LogP contribution in [0.3, 0.4) is 0 Å². The van der Waals surface area contributed by atoms with Crippen LogP contribution in [0.25, 0.3) is 0 Å². The first-order chi connectivity index (χ1) is 5.77. The Bertz CT molecular complexity index is 110. The second-order valence-corrected chi connectivity index (χ2v) is 3.39. The van der Waals surface area contributed by atoms with Crippen LogP contribution in [0.4, 0.5) is 0 Å². The zero-order chi connectivity index (χ0) is 9.23. The molecule has 0 radical (unpaired) electrons. The van der Waals surface area contributed by atoms with Gasteiger partial charge >= 0.3 is 0 Å². The zero-order valence-electron chi connectivity index (χ0n) is 8.55. The summed E-state index contributed by atoms with van der Waals surface area (Å²) in [5, 5.41) is 3.84. The molecule has 0 rings (SSSR count). The van der Waals surface area contributed by atoms with E-state index < -0.39 is 0 Å². The largest absolute Gasteiger partial charge is 0.396 e. The van der Waals surface area contributed by atoms with Crippen molar-refractivity contribution in [1.29, 1.82) is 0 Å². The molecule has 0 aliphatic heterocycles. The molecule has 0 saturated heterocycles. The molecule has 0 atom stereocenters. The number of hydrogen-bond donors (Lipinski definition) is 0. The average molecular weight is 171 g/mol. The zero-order valence-corrected chi connectivity index (χ0v) is 8.55. The maximum absolute atomic E-state index is 5.06. The average Bonchev–Trinajstić information content (AvgIpc) is 2.02. The van der Waals surface area contributed by atoms with Crippen molar-refractivity contribution in [3.63, 3.8) is 0 Å². The Hall–Kier alpha value is -0.530. The molecule has 0 aliphatic rings. The monoisotopic (exact) mass is 171 g/mol. The van der Waals surface area contributed by atoms with E-state index in [0.29, 0.717) is 5.92 Å². The number of rotatable bonds is 7. The molecule has 0 aromatic carbocycles. The summed E-state index contributed by atoms with van der Waals surface area (Å²) >= 11 is 0. The normalized spacial score (nSPS) is 11.3. The molecule has 2 nitrogen and oxygen atoms in total. The molecule has 0 aromatic heterocycles. The first-order valence-corrected chi connectivity index (χ1v) is 4.92. The van der Waals surface area contributed by atoms with Gasteiger partial charge in [-0.1, -0.05) is 38.8 Å². The van der Waals surface area contributed by atoms with Crippen LogP contribution in [0.1, 0.15) is 46.5 Å². The number of hydrogen-bond acceptors (Lipinski definition) is 2. The van der Waals surface area contributed by atoms with Crippen molar-refractivity contribution < 1.29 is 4.84 Å². The van der Waals surface area contributed by atoms with Crippen LogP contribution in [0.15, 0.2) is 5.16 Å². The van der Waals surface area contributed by atoms with Crippen molar-refractivity contribution in [3.05, 3.63) is 0 Å². The lowest BCUT2D eigenvalue weighted by atomic mass is 10.2. The fourth-order valence-electron chi connectivity index (χ4n) is 0.811. The minimum absolute atomic E-state index is 0.487. The first-order valence-electron chi connectivity index (χ1n) is 4.92. The van der Waals surface area contributed by atoms with Gasteiger partial charge in [0.2, 0.25) is 0 Å². The molecule has 0 unspecified atom stereocenters. The lowest BCUT2D eigenvalue weighted by Gasteiger charge is -1.98. The Balaban J connectivity index is 3.00. The van der Waals surface area contributed by atoms with Gasteiger partial charge in [-0.05, 0) is 18.8 Å². The van der Waals surface area contributed by atoms with Crippen molar-refractivity contribution in [2.45, 2.75) is 46.5 Å². The Labute approximate surface area is 76.0 Å². The van der Waals surface area contributed by atoms with Crippen molar-refractivity contribution in [3.8, 4) is 0 Å². The van der Waals surface area contributed by atoms with Crippen molar-refractivity contribution in [2.24, 2.45) is 11.1 Å². The highest BCUT2D eigenvalue weighted by molar-refractivity contribution is 5.58. The summed E-state index contributed by atoms with van der Waals surface area (Å²) in [5.74, 6) is 0.487. The SMILES string of the molecule is CCCCCCON=CC(C)C. The molecule has 0 fully saturated rings. The Morgan fingerprint density at radius 1 is 1.25 bits per heavy atom. The molecule has 0 spiro atoms. The van der Waals surface area contributed by atoms with E-state index in [1.165, 1.54) is 19.3 Å². The Morgan fingerprint density at radius 3 is 2.58 bits per heavy atom. The molecule has 0 aliphatic carbocycles. The maximum atomic E-state index is 5.06. The van der Waals surface area contributed by atoms with Crippen LogP contribution < -0.4 is 0 Å². The van der Waals surface area contributed by atoms with Crippen molar-refractivity contribution >= 4 is 6.21 Å². The molecule has 0 amide bonds. The van der Waals surface area contributed by atoms with E-state index in [1.54, 1.807) is 0 Å². The molecule has 0 heterocycles. The highest BCUT2D eigenvalue weighted by atomic mass is 16.6. The van der Waals surface area contributed by atoms with E-state index in [4.69, 9.17) is 4.84 Å². The summed E-state index contributed by atoms with van der Waals surface area (Å²) in [7, 11) is 0. The number of nitrogens with zero attached hydrogens (tertiary/aromatic N) is 1. The summed E-state index contributed by atoms with van der Waals surface area (Å²) in [6, 6.07) is 0. The molecule has 0 aromatic rings. The van der Waals surface area contributed by atoms with Gasteiger partial charge in [-0.2, -0.15) is 0 Å². The fourth-order valence-corrected chi connectivity index (χ4v) is 0.811. The standard InChI is InChI=1S/C10H21NO/c1-4-5-6-7-8-12-11-9-10(2)3/h9-10H,4-8H2,1-3H3. The summed E-state index contributed by atoms with van der Waals surface area (Å²) in [6.07, 6.45) is 6.79. The Kier molecular flexibility index (Phi) is 8.19. The lowest BCUT2D eigenvalue weighted by Crippen LogP contribution is -1.92. The second kappa shape index (κ2) is 8.57.